The zero-order valence-corrected chi connectivity index (χ0v) is 12.8. The lowest BCUT2D eigenvalue weighted by atomic mass is 10.2. The van der Waals surface area contributed by atoms with E-state index in [9.17, 15) is 4.57 Å². The normalized spacial score (nSPS) is 10.7. The van der Waals surface area contributed by atoms with E-state index in [1.165, 1.54) is 20.0 Å². The fraction of sp³-hybridized carbons (Fsp3) is 0.357. The molecule has 0 saturated carbocycles. The third-order valence-corrected chi connectivity index (χ3v) is 2.93. The molecule has 0 bridgehead atoms. The molecule has 2 rings (SSSR count). The van der Waals surface area contributed by atoms with Crippen molar-refractivity contribution in [2.24, 2.45) is 0 Å². The largest absolute Gasteiger partial charge is 0.738 e. The van der Waals surface area contributed by atoms with Gasteiger partial charge in [-0.3, -0.25) is 9.87 Å². The third-order valence-electron chi connectivity index (χ3n) is 2.43. The Kier molecular flexibility index (Phi) is 7.73. The highest BCUT2D eigenvalue weighted by molar-refractivity contribution is 7.33. The minimum atomic E-state index is -2.26. The van der Waals surface area contributed by atoms with Crippen LogP contribution in [0.1, 0.15) is 26.7 Å². The molecular weight excluding hydrogens is 277 g/mol. The first-order valence-corrected chi connectivity index (χ1v) is 7.52. The van der Waals surface area contributed by atoms with Gasteiger partial charge >= 0.3 is 8.25 Å². The van der Waals surface area contributed by atoms with Crippen LogP contribution in [0.3, 0.4) is 0 Å². The maximum atomic E-state index is 10.9. The Labute approximate surface area is 119 Å². The Balaban J connectivity index is 0.000000444. The number of hydrogen-bond acceptors (Lipinski definition) is 5. The predicted molar refractivity (Wildman–Crippen MR) is 78.7 cm³/mol. The van der Waals surface area contributed by atoms with Gasteiger partial charge in [-0.25, -0.2) is 0 Å². The van der Waals surface area contributed by atoms with Crippen molar-refractivity contribution in [2.75, 3.05) is 7.11 Å². The lowest BCUT2D eigenvalue weighted by Crippen LogP contribution is -1.92. The molecule has 1 atom stereocenters. The highest BCUT2D eigenvalue weighted by Crippen LogP contribution is 2.28. The van der Waals surface area contributed by atoms with E-state index in [2.05, 4.69) is 28.0 Å². The molecule has 0 fully saturated rings. The number of para-hydroxylation sites is 1. The highest BCUT2D eigenvalue weighted by atomic mass is 31.1. The second-order valence-corrected chi connectivity index (χ2v) is 4.86. The number of aromatic nitrogens is 1. The molecule has 0 aliphatic carbocycles. The minimum absolute atomic E-state index is 0.401. The zero-order chi connectivity index (χ0) is 14.8. The smallest absolute Gasteiger partial charge is 0.289 e. The molecule has 108 valence electrons. The maximum absolute atomic E-state index is 10.9. The molecule has 1 aromatic carbocycles. The first-order chi connectivity index (χ1) is 9.72. The molecule has 0 spiro atoms. The lowest BCUT2D eigenvalue weighted by molar-refractivity contribution is -0.102. The van der Waals surface area contributed by atoms with Gasteiger partial charge in [-0.15, -0.1) is 4.52 Å². The van der Waals surface area contributed by atoms with Crippen LogP contribution in [0.4, 0.5) is 0 Å². The average Bonchev–Trinajstić information content (AvgIpc) is 2.52. The topological polar surface area (TPSA) is 57.7 Å². The fourth-order valence-corrected chi connectivity index (χ4v) is 1.45. The van der Waals surface area contributed by atoms with Gasteiger partial charge in [-0.1, -0.05) is 44.9 Å². The van der Waals surface area contributed by atoms with Gasteiger partial charge in [-0.2, -0.15) is 0 Å². The summed E-state index contributed by atoms with van der Waals surface area (Å²) in [6, 6.07) is 9.08. The summed E-state index contributed by atoms with van der Waals surface area (Å²) >= 11 is 0. The maximum Gasteiger partial charge on any atom is 0.738 e. The summed E-state index contributed by atoms with van der Waals surface area (Å²) < 4.78 is 19.8. The van der Waals surface area contributed by atoms with Crippen molar-refractivity contribution in [3.63, 3.8) is 0 Å². The van der Waals surface area contributed by atoms with Crippen LogP contribution in [0.25, 0.3) is 10.9 Å². The zero-order valence-electron chi connectivity index (χ0n) is 11.9. The second kappa shape index (κ2) is 9.37. The molecule has 2 aromatic rings. The Morgan fingerprint density at radius 2 is 1.85 bits per heavy atom. The van der Waals surface area contributed by atoms with Gasteiger partial charge in [-0.05, 0) is 12.1 Å². The van der Waals surface area contributed by atoms with Crippen molar-refractivity contribution < 1.29 is 18.7 Å². The molecule has 0 N–H and O–H groups in total. The van der Waals surface area contributed by atoms with E-state index in [1.807, 2.05) is 18.2 Å². The SMILES string of the molecule is CCCC.CO[P+](=O)OOc1cccc2cccnc12. The van der Waals surface area contributed by atoms with Crippen molar-refractivity contribution in [2.45, 2.75) is 26.7 Å². The molecule has 0 aliphatic rings. The summed E-state index contributed by atoms with van der Waals surface area (Å²) in [5.41, 5.74) is 0.643. The summed E-state index contributed by atoms with van der Waals surface area (Å²) in [6.45, 7) is 4.36. The van der Waals surface area contributed by atoms with E-state index >= 15 is 0 Å². The van der Waals surface area contributed by atoms with E-state index in [-0.39, 0.29) is 0 Å². The van der Waals surface area contributed by atoms with Gasteiger partial charge in [0.2, 0.25) is 0 Å². The molecule has 0 radical (unpaired) electrons. The van der Waals surface area contributed by atoms with E-state index < -0.39 is 8.25 Å². The van der Waals surface area contributed by atoms with Crippen LogP contribution in [-0.4, -0.2) is 12.1 Å². The number of nitrogens with zero attached hydrogens (tertiary/aromatic N) is 1. The summed E-state index contributed by atoms with van der Waals surface area (Å²) in [4.78, 5) is 9.05. The van der Waals surface area contributed by atoms with E-state index in [1.54, 1.807) is 18.3 Å². The number of rotatable bonds is 5. The molecule has 6 heteroatoms. The van der Waals surface area contributed by atoms with Crippen LogP contribution in [0.2, 0.25) is 0 Å². The van der Waals surface area contributed by atoms with Gasteiger partial charge in [0.15, 0.2) is 5.75 Å². The van der Waals surface area contributed by atoms with Gasteiger partial charge in [0.05, 0.1) is 7.11 Å². The first kappa shape index (κ1) is 16.5. The van der Waals surface area contributed by atoms with Gasteiger partial charge < -0.3 is 0 Å². The van der Waals surface area contributed by atoms with Crippen LogP contribution in [-0.2, 0) is 13.8 Å². The number of benzene rings is 1. The average molecular weight is 296 g/mol. The predicted octanol–water partition coefficient (Wildman–Crippen LogP) is 4.66. The van der Waals surface area contributed by atoms with E-state index in [4.69, 9.17) is 4.89 Å². The molecule has 0 saturated heterocycles. The van der Waals surface area contributed by atoms with Crippen molar-refractivity contribution >= 4 is 19.2 Å². The van der Waals surface area contributed by atoms with Crippen LogP contribution in [0.5, 0.6) is 5.75 Å². The monoisotopic (exact) mass is 296 g/mol. The minimum Gasteiger partial charge on any atom is -0.289 e. The van der Waals surface area contributed by atoms with Crippen molar-refractivity contribution in [3.05, 3.63) is 36.5 Å². The molecule has 20 heavy (non-hydrogen) atoms. The Hall–Kier alpha value is -1.55. The van der Waals surface area contributed by atoms with Gasteiger partial charge in [0.1, 0.15) is 10.2 Å². The number of unbranched alkanes of at least 4 members (excludes halogenated alkanes) is 1. The standard InChI is InChI=1S/C10H9NO4P.C4H10/c1-13-16(12)15-14-9-6-2-4-8-5-3-7-11-10(8)9;1-3-4-2/h2-7H,1H3;3-4H2,1-2H3/q+1;. The number of pyridine rings is 1. The van der Waals surface area contributed by atoms with Crippen LogP contribution in [0, 0.1) is 0 Å². The lowest BCUT2D eigenvalue weighted by Gasteiger charge is -2.00. The summed E-state index contributed by atoms with van der Waals surface area (Å²) in [6.07, 6.45) is 4.28. The summed E-state index contributed by atoms with van der Waals surface area (Å²) in [5, 5.41) is 0.913. The van der Waals surface area contributed by atoms with Crippen molar-refractivity contribution in [3.8, 4) is 5.75 Å². The summed E-state index contributed by atoms with van der Waals surface area (Å²) in [7, 11) is -0.990. The second-order valence-electron chi connectivity index (χ2n) is 3.90. The van der Waals surface area contributed by atoms with E-state index in [0.717, 1.165) is 5.39 Å². The van der Waals surface area contributed by atoms with Crippen LogP contribution < -0.4 is 4.89 Å². The van der Waals surface area contributed by atoms with Crippen molar-refractivity contribution in [1.82, 2.24) is 4.98 Å². The molecule has 1 heterocycles. The molecule has 5 nitrogen and oxygen atoms in total. The highest BCUT2D eigenvalue weighted by Gasteiger charge is 2.20. The molecule has 0 aliphatic heterocycles. The Bertz CT molecular complexity index is 540. The molecule has 0 amide bonds. The van der Waals surface area contributed by atoms with Crippen LogP contribution >= 0.6 is 8.25 Å². The summed E-state index contributed by atoms with van der Waals surface area (Å²) in [5.74, 6) is 0.401. The quantitative estimate of drug-likeness (QED) is 0.456. The number of fused-ring (bicyclic) bond motifs is 1. The molecule has 1 unspecified atom stereocenters. The van der Waals surface area contributed by atoms with Gasteiger partial charge in [0.25, 0.3) is 0 Å². The van der Waals surface area contributed by atoms with Gasteiger partial charge in [0, 0.05) is 16.1 Å². The van der Waals surface area contributed by atoms with E-state index in [0.29, 0.717) is 11.3 Å². The Morgan fingerprint density at radius 3 is 2.50 bits per heavy atom. The molecule has 1 aromatic heterocycles. The number of hydrogen-bond donors (Lipinski definition) is 0. The Morgan fingerprint density at radius 1 is 1.15 bits per heavy atom. The van der Waals surface area contributed by atoms with Crippen molar-refractivity contribution in [1.29, 1.82) is 0 Å². The first-order valence-electron chi connectivity index (χ1n) is 6.42. The van der Waals surface area contributed by atoms with Crippen LogP contribution in [0.15, 0.2) is 36.5 Å². The fourth-order valence-electron chi connectivity index (χ4n) is 1.24. The molecular formula is C14H19NO4P+. The third kappa shape index (κ3) is 5.21.